The van der Waals surface area contributed by atoms with Gasteiger partial charge in [0.05, 0.1) is 10.7 Å². The highest BCUT2D eigenvalue weighted by molar-refractivity contribution is 6.34. The van der Waals surface area contributed by atoms with Crippen LogP contribution < -0.4 is 10.2 Å². The van der Waals surface area contributed by atoms with Crippen molar-refractivity contribution in [2.45, 2.75) is 32.2 Å². The lowest BCUT2D eigenvalue weighted by molar-refractivity contribution is -0.136. The molecule has 4 nitrogen and oxygen atoms in total. The van der Waals surface area contributed by atoms with E-state index in [1.165, 1.54) is 11.6 Å². The van der Waals surface area contributed by atoms with Gasteiger partial charge in [-0.15, -0.1) is 0 Å². The molecular weight excluding hydrogens is 415 g/mol. The van der Waals surface area contributed by atoms with Crippen molar-refractivity contribution in [1.82, 2.24) is 0 Å². The summed E-state index contributed by atoms with van der Waals surface area (Å²) in [6, 6.07) is 19.2. The molecule has 31 heavy (non-hydrogen) atoms. The Balaban J connectivity index is 1.53. The summed E-state index contributed by atoms with van der Waals surface area (Å²) >= 11 is 6.85. The van der Waals surface area contributed by atoms with Gasteiger partial charge in [-0.2, -0.15) is 0 Å². The van der Waals surface area contributed by atoms with Gasteiger partial charge in [-0.1, -0.05) is 48.0 Å². The number of nitrogens with zero attached hydrogens (tertiary/aromatic N) is 1. The number of carbonyl (C=O) groups is 1. The lowest BCUT2D eigenvalue weighted by Crippen LogP contribution is -2.25. The number of aliphatic carboxylic acids is 1. The summed E-state index contributed by atoms with van der Waals surface area (Å²) in [5.74, 6) is -1.34. The lowest BCUT2D eigenvalue weighted by Gasteiger charge is -2.33. The zero-order chi connectivity index (χ0) is 21.8. The molecule has 3 aromatic rings. The van der Waals surface area contributed by atoms with Gasteiger partial charge in [0, 0.05) is 30.9 Å². The van der Waals surface area contributed by atoms with Crippen molar-refractivity contribution < 1.29 is 14.3 Å². The second-order valence-electron chi connectivity index (χ2n) is 7.69. The maximum Gasteiger partial charge on any atom is 0.303 e. The Morgan fingerprint density at radius 3 is 2.61 bits per heavy atom. The fourth-order valence-corrected chi connectivity index (χ4v) is 4.33. The molecule has 0 amide bonds. The predicted octanol–water partition coefficient (Wildman–Crippen LogP) is 6.19. The molecule has 0 spiro atoms. The minimum absolute atomic E-state index is 0.0909. The molecule has 4 rings (SSSR count). The molecule has 0 atom stereocenters. The highest BCUT2D eigenvalue weighted by atomic mass is 35.5. The summed E-state index contributed by atoms with van der Waals surface area (Å²) in [6.07, 6.45) is 2.15. The van der Waals surface area contributed by atoms with Crippen LogP contribution in [-0.4, -0.2) is 17.6 Å². The Labute approximate surface area is 186 Å². The van der Waals surface area contributed by atoms with Crippen molar-refractivity contribution in [2.75, 3.05) is 16.8 Å². The van der Waals surface area contributed by atoms with Crippen LogP contribution in [0.2, 0.25) is 5.02 Å². The highest BCUT2D eigenvalue weighted by Crippen LogP contribution is 2.40. The van der Waals surface area contributed by atoms with Crippen LogP contribution in [0.4, 0.5) is 21.5 Å². The van der Waals surface area contributed by atoms with Crippen molar-refractivity contribution in [3.05, 3.63) is 88.2 Å². The third-order valence-corrected chi connectivity index (χ3v) is 6.01. The van der Waals surface area contributed by atoms with Crippen LogP contribution in [0.3, 0.4) is 0 Å². The summed E-state index contributed by atoms with van der Waals surface area (Å²) in [7, 11) is 0. The van der Waals surface area contributed by atoms with Crippen LogP contribution in [0, 0.1) is 5.82 Å². The predicted molar refractivity (Wildman–Crippen MR) is 123 cm³/mol. The van der Waals surface area contributed by atoms with Crippen LogP contribution in [0.1, 0.15) is 29.5 Å². The normalized spacial score (nSPS) is 13.0. The molecule has 160 valence electrons. The molecule has 0 saturated carbocycles. The fourth-order valence-electron chi connectivity index (χ4n) is 3.98. The van der Waals surface area contributed by atoms with Gasteiger partial charge in [-0.3, -0.25) is 4.79 Å². The first-order valence-corrected chi connectivity index (χ1v) is 10.8. The molecule has 0 bridgehead atoms. The number of nitrogens with one attached hydrogen (secondary N) is 1. The van der Waals surface area contributed by atoms with Crippen LogP contribution in [-0.2, 0) is 24.2 Å². The number of hydrogen-bond donors (Lipinski definition) is 2. The average Bonchev–Trinajstić information content (AvgIpc) is 2.78. The molecule has 2 N–H and O–H groups in total. The molecule has 3 aromatic carbocycles. The van der Waals surface area contributed by atoms with Crippen molar-refractivity contribution in [3.63, 3.8) is 0 Å². The standard InChI is InChI=1S/C25H24ClFN2O2/c26-24-19(16-28-20-12-10-17(22(27)15-20)11-13-23(30)31)9-8-18-5-4-14-29(25(18)24)21-6-2-1-3-7-21/h1-3,6-10,12,15,28H,4-5,11,13-14,16H2,(H,30,31). The van der Waals surface area contributed by atoms with E-state index < -0.39 is 11.8 Å². The molecule has 1 aliphatic heterocycles. The maximum atomic E-state index is 14.3. The minimum Gasteiger partial charge on any atom is -0.481 e. The van der Waals surface area contributed by atoms with Crippen molar-refractivity contribution in [1.29, 1.82) is 0 Å². The van der Waals surface area contributed by atoms with Crippen molar-refractivity contribution in [3.8, 4) is 0 Å². The first-order chi connectivity index (χ1) is 15.0. The molecule has 0 aliphatic carbocycles. The summed E-state index contributed by atoms with van der Waals surface area (Å²) in [5.41, 5.74) is 5.38. The van der Waals surface area contributed by atoms with E-state index in [9.17, 15) is 9.18 Å². The Bertz CT molecular complexity index is 1090. The molecule has 0 unspecified atom stereocenters. The van der Waals surface area contributed by atoms with Crippen LogP contribution in [0.15, 0.2) is 60.7 Å². The van der Waals surface area contributed by atoms with E-state index in [4.69, 9.17) is 16.7 Å². The van der Waals surface area contributed by atoms with Gasteiger partial charge < -0.3 is 15.3 Å². The number of halogens is 2. The summed E-state index contributed by atoms with van der Waals surface area (Å²) in [6.45, 7) is 1.37. The number of fused-ring (bicyclic) bond motifs is 1. The average molecular weight is 439 g/mol. The number of hydrogen-bond acceptors (Lipinski definition) is 3. The number of carboxylic acid groups (broad SMARTS) is 1. The third kappa shape index (κ3) is 4.83. The topological polar surface area (TPSA) is 52.6 Å². The monoisotopic (exact) mass is 438 g/mol. The molecule has 0 fully saturated rings. The van der Waals surface area contributed by atoms with Gasteiger partial charge in [0.1, 0.15) is 5.82 Å². The molecule has 6 heteroatoms. The third-order valence-electron chi connectivity index (χ3n) is 5.59. The van der Waals surface area contributed by atoms with E-state index in [1.807, 2.05) is 24.3 Å². The summed E-state index contributed by atoms with van der Waals surface area (Å²) < 4.78 is 14.3. The summed E-state index contributed by atoms with van der Waals surface area (Å²) in [4.78, 5) is 13.0. The SMILES string of the molecule is O=C(O)CCc1ccc(NCc2ccc3c(c2Cl)N(c2ccccc2)CCC3)cc1F. The molecule has 1 heterocycles. The zero-order valence-electron chi connectivity index (χ0n) is 17.1. The van der Waals surface area contributed by atoms with E-state index in [0.717, 1.165) is 36.3 Å². The number of anilines is 3. The van der Waals surface area contributed by atoms with Crippen LogP contribution in [0.25, 0.3) is 0 Å². The number of rotatable bonds is 7. The van der Waals surface area contributed by atoms with E-state index >= 15 is 0 Å². The zero-order valence-corrected chi connectivity index (χ0v) is 17.8. The Kier molecular flexibility index (Phi) is 6.42. The molecule has 1 aliphatic rings. The molecule has 0 radical (unpaired) electrons. The summed E-state index contributed by atoms with van der Waals surface area (Å²) in [5, 5.41) is 12.7. The van der Waals surface area contributed by atoms with Gasteiger partial charge >= 0.3 is 5.97 Å². The molecule has 0 aromatic heterocycles. The quantitative estimate of drug-likeness (QED) is 0.461. The Morgan fingerprint density at radius 1 is 1.10 bits per heavy atom. The Morgan fingerprint density at radius 2 is 1.87 bits per heavy atom. The smallest absolute Gasteiger partial charge is 0.303 e. The van der Waals surface area contributed by atoms with Gasteiger partial charge in [-0.05, 0) is 60.2 Å². The van der Waals surface area contributed by atoms with Gasteiger partial charge in [0.15, 0.2) is 0 Å². The first-order valence-electron chi connectivity index (χ1n) is 10.4. The van der Waals surface area contributed by atoms with Crippen molar-refractivity contribution in [2.24, 2.45) is 0 Å². The van der Waals surface area contributed by atoms with Crippen LogP contribution in [0.5, 0.6) is 0 Å². The number of para-hydroxylation sites is 1. The number of carboxylic acids is 1. The highest BCUT2D eigenvalue weighted by Gasteiger charge is 2.22. The van der Waals surface area contributed by atoms with Crippen LogP contribution >= 0.6 is 11.6 Å². The number of aryl methyl sites for hydroxylation is 2. The molecule has 0 saturated heterocycles. The largest absolute Gasteiger partial charge is 0.481 e. The van der Waals surface area contributed by atoms with E-state index in [1.54, 1.807) is 12.1 Å². The van der Waals surface area contributed by atoms with Gasteiger partial charge in [0.25, 0.3) is 0 Å². The number of benzene rings is 3. The second kappa shape index (κ2) is 9.40. The van der Waals surface area contributed by atoms with Crippen molar-refractivity contribution >= 4 is 34.6 Å². The van der Waals surface area contributed by atoms with E-state index in [2.05, 4.69) is 28.4 Å². The first kappa shape index (κ1) is 21.2. The maximum absolute atomic E-state index is 14.3. The second-order valence-corrected chi connectivity index (χ2v) is 8.07. The molecular formula is C25H24ClFN2O2. The van der Waals surface area contributed by atoms with E-state index in [-0.39, 0.29) is 12.8 Å². The fraction of sp³-hybridized carbons (Fsp3) is 0.240. The Hall–Kier alpha value is -3.05. The van der Waals surface area contributed by atoms with Gasteiger partial charge in [0.2, 0.25) is 0 Å². The van der Waals surface area contributed by atoms with Gasteiger partial charge in [-0.25, -0.2) is 4.39 Å². The minimum atomic E-state index is -0.937. The van der Waals surface area contributed by atoms with E-state index in [0.29, 0.717) is 22.8 Å². The lowest BCUT2D eigenvalue weighted by atomic mass is 9.98.